The average Bonchev–Trinajstić information content (AvgIpc) is 3.01. The number of esters is 2. The van der Waals surface area contributed by atoms with Gasteiger partial charge in [0.15, 0.2) is 0 Å². The summed E-state index contributed by atoms with van der Waals surface area (Å²) in [6.45, 7) is 1.98. The molecule has 0 radical (unpaired) electrons. The summed E-state index contributed by atoms with van der Waals surface area (Å²) in [5.41, 5.74) is 2.43. The monoisotopic (exact) mass is 380 g/mol. The molecule has 28 heavy (non-hydrogen) atoms. The SMILES string of the molecule is COC(=O)c1ccc(C(=O)OC)c(NC(=O)Cn2c(C)cc3ccccc32)c1. The van der Waals surface area contributed by atoms with Gasteiger partial charge in [-0.05, 0) is 42.6 Å². The minimum absolute atomic E-state index is 0.0579. The van der Waals surface area contributed by atoms with Crippen LogP contribution in [-0.2, 0) is 20.8 Å². The van der Waals surface area contributed by atoms with Gasteiger partial charge < -0.3 is 19.4 Å². The Labute approximate surface area is 161 Å². The molecule has 0 bridgehead atoms. The van der Waals surface area contributed by atoms with Crippen molar-refractivity contribution in [2.75, 3.05) is 19.5 Å². The third-order valence-corrected chi connectivity index (χ3v) is 4.44. The Kier molecular flexibility index (Phi) is 5.44. The lowest BCUT2D eigenvalue weighted by Gasteiger charge is -2.13. The smallest absolute Gasteiger partial charge is 0.339 e. The van der Waals surface area contributed by atoms with Gasteiger partial charge in [-0.1, -0.05) is 18.2 Å². The number of aromatic nitrogens is 1. The van der Waals surface area contributed by atoms with Gasteiger partial charge in [0.2, 0.25) is 5.91 Å². The number of fused-ring (bicyclic) bond motifs is 1. The summed E-state index contributed by atoms with van der Waals surface area (Å²) in [7, 11) is 2.51. The third-order valence-electron chi connectivity index (χ3n) is 4.44. The van der Waals surface area contributed by atoms with Gasteiger partial charge in [-0.2, -0.15) is 0 Å². The Morgan fingerprint density at radius 2 is 1.68 bits per heavy atom. The zero-order chi connectivity index (χ0) is 20.3. The molecule has 144 valence electrons. The summed E-state index contributed by atoms with van der Waals surface area (Å²) in [4.78, 5) is 36.5. The molecule has 0 aliphatic rings. The summed E-state index contributed by atoms with van der Waals surface area (Å²) in [6, 6.07) is 14.0. The van der Waals surface area contributed by atoms with Crippen LogP contribution in [0.1, 0.15) is 26.4 Å². The third kappa shape index (κ3) is 3.73. The highest BCUT2D eigenvalue weighted by Crippen LogP contribution is 2.22. The Bertz CT molecular complexity index is 1070. The molecule has 3 rings (SSSR count). The minimum atomic E-state index is -0.616. The number of para-hydroxylation sites is 1. The standard InChI is InChI=1S/C21H20N2O5/c1-13-10-14-6-4-5-7-18(14)23(13)12-19(24)22-17-11-15(20(25)27-2)8-9-16(17)21(26)28-3/h4-11H,12H2,1-3H3,(H,22,24). The first-order valence-electron chi connectivity index (χ1n) is 8.60. The Hall–Kier alpha value is -3.61. The lowest BCUT2D eigenvalue weighted by atomic mass is 10.1. The molecule has 1 amide bonds. The molecule has 2 aromatic carbocycles. The molecule has 0 saturated heterocycles. The van der Waals surface area contributed by atoms with E-state index >= 15 is 0 Å². The van der Waals surface area contributed by atoms with Gasteiger partial charge in [-0.3, -0.25) is 4.79 Å². The molecule has 0 aliphatic carbocycles. The second-order valence-corrected chi connectivity index (χ2v) is 6.22. The molecular formula is C21H20N2O5. The number of hydrogen-bond donors (Lipinski definition) is 1. The lowest BCUT2D eigenvalue weighted by molar-refractivity contribution is -0.116. The zero-order valence-corrected chi connectivity index (χ0v) is 15.8. The Morgan fingerprint density at radius 3 is 2.39 bits per heavy atom. The first kappa shape index (κ1) is 19.2. The van der Waals surface area contributed by atoms with E-state index < -0.39 is 11.9 Å². The maximum Gasteiger partial charge on any atom is 0.339 e. The summed E-state index contributed by atoms with van der Waals surface area (Å²) >= 11 is 0. The van der Waals surface area contributed by atoms with Crippen molar-refractivity contribution in [1.29, 1.82) is 0 Å². The molecular weight excluding hydrogens is 360 g/mol. The molecule has 0 atom stereocenters. The predicted octanol–water partition coefficient (Wildman–Crippen LogP) is 3.16. The number of carbonyl (C=O) groups is 3. The normalized spacial score (nSPS) is 10.5. The number of benzene rings is 2. The molecule has 1 N–H and O–H groups in total. The van der Waals surface area contributed by atoms with Crippen molar-refractivity contribution in [3.05, 3.63) is 65.4 Å². The first-order valence-corrected chi connectivity index (χ1v) is 8.60. The van der Waals surface area contributed by atoms with E-state index in [0.29, 0.717) is 0 Å². The minimum Gasteiger partial charge on any atom is -0.465 e. The molecule has 0 unspecified atom stereocenters. The van der Waals surface area contributed by atoms with Crippen LogP contribution in [0.4, 0.5) is 5.69 Å². The lowest BCUT2D eigenvalue weighted by Crippen LogP contribution is -2.21. The number of nitrogens with one attached hydrogen (secondary N) is 1. The summed E-state index contributed by atoms with van der Waals surface area (Å²) in [5.74, 6) is -1.52. The van der Waals surface area contributed by atoms with E-state index in [-0.39, 0.29) is 29.3 Å². The van der Waals surface area contributed by atoms with E-state index in [0.717, 1.165) is 16.6 Å². The molecule has 0 spiro atoms. The van der Waals surface area contributed by atoms with Crippen LogP contribution in [0.25, 0.3) is 10.9 Å². The van der Waals surface area contributed by atoms with Gasteiger partial charge in [-0.15, -0.1) is 0 Å². The maximum absolute atomic E-state index is 12.7. The number of ether oxygens (including phenoxy) is 2. The van der Waals surface area contributed by atoms with Crippen molar-refractivity contribution in [2.45, 2.75) is 13.5 Å². The predicted molar refractivity (Wildman–Crippen MR) is 104 cm³/mol. The molecule has 0 saturated carbocycles. The average molecular weight is 380 g/mol. The Morgan fingerprint density at radius 1 is 0.964 bits per heavy atom. The largest absolute Gasteiger partial charge is 0.465 e. The number of hydrogen-bond acceptors (Lipinski definition) is 5. The van der Waals surface area contributed by atoms with Crippen LogP contribution in [0.2, 0.25) is 0 Å². The van der Waals surface area contributed by atoms with Gasteiger partial charge in [0.05, 0.1) is 31.0 Å². The fourth-order valence-electron chi connectivity index (χ4n) is 3.07. The molecule has 3 aromatic rings. The quantitative estimate of drug-likeness (QED) is 0.687. The van der Waals surface area contributed by atoms with Crippen molar-refractivity contribution >= 4 is 34.4 Å². The van der Waals surface area contributed by atoms with Crippen LogP contribution in [0, 0.1) is 6.92 Å². The van der Waals surface area contributed by atoms with Crippen LogP contribution in [0.15, 0.2) is 48.5 Å². The number of aryl methyl sites for hydroxylation is 1. The number of carbonyl (C=O) groups excluding carboxylic acids is 3. The summed E-state index contributed by atoms with van der Waals surface area (Å²) in [5, 5.41) is 3.74. The van der Waals surface area contributed by atoms with Gasteiger partial charge >= 0.3 is 11.9 Å². The fourth-order valence-corrected chi connectivity index (χ4v) is 3.07. The molecule has 0 aliphatic heterocycles. The van der Waals surface area contributed by atoms with Gasteiger partial charge in [0, 0.05) is 11.2 Å². The number of nitrogens with zero attached hydrogens (tertiary/aromatic N) is 1. The van der Waals surface area contributed by atoms with Crippen LogP contribution in [0.3, 0.4) is 0 Å². The summed E-state index contributed by atoms with van der Waals surface area (Å²) in [6.07, 6.45) is 0. The highest BCUT2D eigenvalue weighted by molar-refractivity contribution is 6.03. The number of amides is 1. The molecule has 7 nitrogen and oxygen atoms in total. The number of rotatable bonds is 5. The second kappa shape index (κ2) is 7.96. The number of anilines is 1. The molecule has 1 heterocycles. The molecule has 1 aromatic heterocycles. The Balaban J connectivity index is 1.90. The van der Waals surface area contributed by atoms with Crippen LogP contribution in [0.5, 0.6) is 0 Å². The van der Waals surface area contributed by atoms with E-state index in [4.69, 9.17) is 9.47 Å². The van der Waals surface area contributed by atoms with E-state index in [1.165, 1.54) is 32.4 Å². The summed E-state index contributed by atoms with van der Waals surface area (Å²) < 4.78 is 11.3. The highest BCUT2D eigenvalue weighted by atomic mass is 16.5. The second-order valence-electron chi connectivity index (χ2n) is 6.22. The maximum atomic E-state index is 12.7. The van der Waals surface area contributed by atoms with E-state index in [1.54, 1.807) is 0 Å². The van der Waals surface area contributed by atoms with Crippen LogP contribution >= 0.6 is 0 Å². The van der Waals surface area contributed by atoms with Crippen molar-refractivity contribution in [2.24, 2.45) is 0 Å². The molecule has 0 fully saturated rings. The van der Waals surface area contributed by atoms with Gasteiger partial charge in [0.1, 0.15) is 6.54 Å². The highest BCUT2D eigenvalue weighted by Gasteiger charge is 2.18. The van der Waals surface area contributed by atoms with Crippen molar-refractivity contribution in [3.8, 4) is 0 Å². The topological polar surface area (TPSA) is 86.6 Å². The van der Waals surface area contributed by atoms with Crippen molar-refractivity contribution in [3.63, 3.8) is 0 Å². The molecule has 7 heteroatoms. The van der Waals surface area contributed by atoms with Crippen molar-refractivity contribution in [1.82, 2.24) is 4.57 Å². The number of methoxy groups -OCH3 is 2. The fraction of sp³-hybridized carbons (Fsp3) is 0.190. The van der Waals surface area contributed by atoms with Crippen LogP contribution in [-0.4, -0.2) is 36.6 Å². The van der Waals surface area contributed by atoms with Gasteiger partial charge in [0.25, 0.3) is 0 Å². The van der Waals surface area contributed by atoms with Crippen molar-refractivity contribution < 1.29 is 23.9 Å². The van der Waals surface area contributed by atoms with Crippen LogP contribution < -0.4 is 5.32 Å². The first-order chi connectivity index (χ1) is 13.4. The van der Waals surface area contributed by atoms with E-state index in [2.05, 4.69) is 5.32 Å². The van der Waals surface area contributed by atoms with E-state index in [9.17, 15) is 14.4 Å². The zero-order valence-electron chi connectivity index (χ0n) is 15.8. The van der Waals surface area contributed by atoms with E-state index in [1.807, 2.05) is 41.8 Å². The van der Waals surface area contributed by atoms with Gasteiger partial charge in [-0.25, -0.2) is 9.59 Å².